The Morgan fingerprint density at radius 3 is 2.19 bits per heavy atom. The lowest BCUT2D eigenvalue weighted by molar-refractivity contribution is -0.127. The van der Waals surface area contributed by atoms with Crippen LogP contribution >= 0.6 is 11.8 Å². The van der Waals surface area contributed by atoms with Crippen LogP contribution in [0.1, 0.15) is 11.1 Å². The van der Waals surface area contributed by atoms with Gasteiger partial charge >= 0.3 is 0 Å². The highest BCUT2D eigenvalue weighted by atomic mass is 32.2. The van der Waals surface area contributed by atoms with Crippen molar-refractivity contribution >= 4 is 40.6 Å². The number of nitrogens with one attached hydrogen (secondary N) is 1. The quantitative estimate of drug-likeness (QED) is 0.654. The first-order chi connectivity index (χ1) is 14.9. The zero-order valence-electron chi connectivity index (χ0n) is 17.6. The van der Waals surface area contributed by atoms with E-state index in [2.05, 4.69) is 5.32 Å². The van der Waals surface area contributed by atoms with Gasteiger partial charge in [0.1, 0.15) is 23.8 Å². The van der Waals surface area contributed by atoms with Crippen LogP contribution in [0.2, 0.25) is 0 Å². The van der Waals surface area contributed by atoms with Gasteiger partial charge in [0.2, 0.25) is 5.91 Å². The third-order valence-corrected chi connectivity index (χ3v) is 5.45. The van der Waals surface area contributed by atoms with Crippen LogP contribution in [-0.4, -0.2) is 49.8 Å². The number of methoxy groups -OCH3 is 3. The smallest absolute Gasteiger partial charge is 0.294 e. The molecule has 0 atom stereocenters. The van der Waals surface area contributed by atoms with Crippen LogP contribution in [-0.2, 0) is 9.59 Å². The maximum atomic E-state index is 12.8. The van der Waals surface area contributed by atoms with Gasteiger partial charge in [0.25, 0.3) is 11.1 Å². The fraction of sp³-hybridized carbons (Fsp3) is 0.227. The molecule has 1 fully saturated rings. The number of amides is 3. The Balaban J connectivity index is 1.80. The van der Waals surface area contributed by atoms with Crippen molar-refractivity contribution < 1.29 is 28.6 Å². The van der Waals surface area contributed by atoms with Crippen molar-refractivity contribution in [2.45, 2.75) is 6.92 Å². The van der Waals surface area contributed by atoms with E-state index in [1.165, 1.54) is 27.4 Å². The monoisotopic (exact) mass is 442 g/mol. The summed E-state index contributed by atoms with van der Waals surface area (Å²) in [5.41, 5.74) is 2.13. The van der Waals surface area contributed by atoms with Gasteiger partial charge in [0.05, 0.1) is 31.8 Å². The van der Waals surface area contributed by atoms with Crippen LogP contribution < -0.4 is 19.5 Å². The Morgan fingerprint density at radius 2 is 1.65 bits per heavy atom. The molecule has 162 valence electrons. The van der Waals surface area contributed by atoms with Gasteiger partial charge in [-0.1, -0.05) is 17.7 Å². The molecule has 0 bridgehead atoms. The van der Waals surface area contributed by atoms with Crippen LogP contribution in [0.25, 0.3) is 6.08 Å². The number of anilines is 1. The number of carbonyl (C=O) groups is 3. The standard InChI is InChI=1S/C22H22N2O6S/c1-13-5-7-14(8-6-13)23-20(25)12-24-21(26)19(31-22(24)27)11-16-17(29-3)9-15(28-2)10-18(16)30-4/h5-11H,12H2,1-4H3,(H,23,25)/b19-11-. The summed E-state index contributed by atoms with van der Waals surface area (Å²) in [5.74, 6) is 0.327. The van der Waals surface area contributed by atoms with Crippen LogP contribution in [0, 0.1) is 6.92 Å². The van der Waals surface area contributed by atoms with Crippen LogP contribution in [0.3, 0.4) is 0 Å². The molecule has 1 aliphatic rings. The summed E-state index contributed by atoms with van der Waals surface area (Å²) < 4.78 is 16.0. The highest BCUT2D eigenvalue weighted by Crippen LogP contribution is 2.39. The zero-order valence-corrected chi connectivity index (χ0v) is 18.4. The van der Waals surface area contributed by atoms with Gasteiger partial charge in [-0.3, -0.25) is 19.3 Å². The van der Waals surface area contributed by atoms with Gasteiger partial charge in [-0.15, -0.1) is 0 Å². The van der Waals surface area contributed by atoms with Crippen LogP contribution in [0.15, 0.2) is 41.3 Å². The maximum Gasteiger partial charge on any atom is 0.294 e. The third-order valence-electron chi connectivity index (χ3n) is 4.54. The van der Waals surface area contributed by atoms with Gasteiger partial charge in [-0.05, 0) is 36.9 Å². The second-order valence-corrected chi connectivity index (χ2v) is 7.62. The minimum absolute atomic E-state index is 0.162. The molecule has 1 aliphatic heterocycles. The molecule has 0 unspecified atom stereocenters. The molecule has 2 aromatic carbocycles. The molecule has 1 N–H and O–H groups in total. The lowest BCUT2D eigenvalue weighted by Gasteiger charge is -2.13. The number of imide groups is 1. The second kappa shape index (κ2) is 9.57. The number of ether oxygens (including phenoxy) is 3. The summed E-state index contributed by atoms with van der Waals surface area (Å²) >= 11 is 0.751. The van der Waals surface area contributed by atoms with E-state index in [1.54, 1.807) is 24.3 Å². The summed E-state index contributed by atoms with van der Waals surface area (Å²) in [6.45, 7) is 1.55. The Bertz CT molecular complexity index is 1020. The van der Waals surface area contributed by atoms with Gasteiger partial charge in [-0.25, -0.2) is 0 Å². The number of rotatable bonds is 7. The minimum atomic E-state index is -0.561. The predicted molar refractivity (Wildman–Crippen MR) is 119 cm³/mol. The third kappa shape index (κ3) is 5.00. The van der Waals surface area contributed by atoms with Crippen molar-refractivity contribution in [2.24, 2.45) is 0 Å². The predicted octanol–water partition coefficient (Wildman–Crippen LogP) is 3.70. The molecule has 1 saturated heterocycles. The Kier molecular flexibility index (Phi) is 6.86. The number of carbonyl (C=O) groups excluding carboxylic acids is 3. The highest BCUT2D eigenvalue weighted by Gasteiger charge is 2.36. The van der Waals surface area contributed by atoms with Crippen molar-refractivity contribution in [1.82, 2.24) is 4.90 Å². The molecule has 2 aromatic rings. The van der Waals surface area contributed by atoms with Gasteiger partial charge in [0, 0.05) is 17.8 Å². The molecule has 0 aliphatic carbocycles. The number of thioether (sulfide) groups is 1. The Morgan fingerprint density at radius 1 is 1.03 bits per heavy atom. The largest absolute Gasteiger partial charge is 0.496 e. The normalized spacial score (nSPS) is 14.7. The van der Waals surface area contributed by atoms with E-state index in [-0.39, 0.29) is 11.4 Å². The van der Waals surface area contributed by atoms with E-state index in [1.807, 2.05) is 19.1 Å². The van der Waals surface area contributed by atoms with Gasteiger partial charge < -0.3 is 19.5 Å². The molecule has 3 amide bonds. The molecule has 31 heavy (non-hydrogen) atoms. The summed E-state index contributed by atoms with van der Waals surface area (Å²) in [7, 11) is 4.47. The van der Waals surface area contributed by atoms with Crippen molar-refractivity contribution in [3.05, 3.63) is 52.4 Å². The molecular weight excluding hydrogens is 420 g/mol. The summed E-state index contributed by atoms with van der Waals surface area (Å²) in [4.78, 5) is 38.6. The fourth-order valence-corrected chi connectivity index (χ4v) is 3.74. The van der Waals surface area contributed by atoms with Crippen molar-refractivity contribution in [2.75, 3.05) is 33.2 Å². The summed E-state index contributed by atoms with van der Waals surface area (Å²) in [6.07, 6.45) is 1.51. The van der Waals surface area contributed by atoms with Crippen molar-refractivity contribution in [1.29, 1.82) is 0 Å². The SMILES string of the molecule is COc1cc(OC)c(/C=C2\SC(=O)N(CC(=O)Nc3ccc(C)cc3)C2=O)c(OC)c1. The molecule has 0 saturated carbocycles. The molecule has 0 aromatic heterocycles. The van der Waals surface area contributed by atoms with Gasteiger partial charge in [0.15, 0.2) is 0 Å². The van der Waals surface area contributed by atoms with E-state index in [4.69, 9.17) is 14.2 Å². The second-order valence-electron chi connectivity index (χ2n) is 6.63. The van der Waals surface area contributed by atoms with Crippen molar-refractivity contribution in [3.8, 4) is 17.2 Å². The first-order valence-electron chi connectivity index (χ1n) is 9.28. The average Bonchev–Trinajstić information content (AvgIpc) is 3.02. The van der Waals surface area contributed by atoms with Crippen LogP contribution in [0.4, 0.5) is 10.5 Å². The molecule has 8 nitrogen and oxygen atoms in total. The van der Waals surface area contributed by atoms with Crippen molar-refractivity contribution in [3.63, 3.8) is 0 Å². The lowest BCUT2D eigenvalue weighted by atomic mass is 10.1. The molecule has 0 spiro atoms. The zero-order chi connectivity index (χ0) is 22.5. The number of hydrogen-bond donors (Lipinski definition) is 1. The van der Waals surface area contributed by atoms with Gasteiger partial charge in [-0.2, -0.15) is 0 Å². The summed E-state index contributed by atoms with van der Waals surface area (Å²) in [5, 5.41) is 2.16. The highest BCUT2D eigenvalue weighted by molar-refractivity contribution is 8.18. The first-order valence-corrected chi connectivity index (χ1v) is 10.1. The molecule has 9 heteroatoms. The summed E-state index contributed by atoms with van der Waals surface area (Å²) in [6, 6.07) is 10.5. The molecule has 0 radical (unpaired) electrons. The lowest BCUT2D eigenvalue weighted by Crippen LogP contribution is -2.36. The van der Waals surface area contributed by atoms with E-state index in [0.717, 1.165) is 22.2 Å². The molecule has 3 rings (SSSR count). The Hall–Kier alpha value is -3.46. The van der Waals surface area contributed by atoms with E-state index in [9.17, 15) is 14.4 Å². The minimum Gasteiger partial charge on any atom is -0.496 e. The number of nitrogens with zero attached hydrogens (tertiary/aromatic N) is 1. The van der Waals surface area contributed by atoms with E-state index < -0.39 is 17.1 Å². The Labute approximate surface area is 184 Å². The van der Waals surface area contributed by atoms with E-state index in [0.29, 0.717) is 28.5 Å². The molecule has 1 heterocycles. The average molecular weight is 442 g/mol. The number of aryl methyl sites for hydroxylation is 1. The molecular formula is C22H22N2O6S. The number of benzene rings is 2. The first kappa shape index (κ1) is 22.2. The topological polar surface area (TPSA) is 94.2 Å². The van der Waals surface area contributed by atoms with Crippen LogP contribution in [0.5, 0.6) is 17.2 Å². The van der Waals surface area contributed by atoms with E-state index >= 15 is 0 Å². The maximum absolute atomic E-state index is 12.8. The fourth-order valence-electron chi connectivity index (χ4n) is 2.92. The number of hydrogen-bond acceptors (Lipinski definition) is 7.